The molecular weight excluding hydrogens is 234 g/mol. The summed E-state index contributed by atoms with van der Waals surface area (Å²) in [5.74, 6) is -2.04. The average Bonchev–Trinajstić information content (AvgIpc) is 2.34. The Morgan fingerprint density at radius 3 is 2.50 bits per heavy atom. The molecule has 18 heavy (non-hydrogen) atoms. The smallest absolute Gasteiger partial charge is 0.337 e. The summed E-state index contributed by atoms with van der Waals surface area (Å²) in [5, 5.41) is 20.9. The summed E-state index contributed by atoms with van der Waals surface area (Å²) < 4.78 is 0. The van der Waals surface area contributed by atoms with Crippen LogP contribution in [-0.2, 0) is 4.79 Å². The molecule has 1 rings (SSSR count). The second-order valence-corrected chi connectivity index (χ2v) is 4.03. The fraction of sp³-hybridized carbons (Fsp3) is 0.385. The number of unbranched alkanes of at least 4 members (excludes halogenated alkanes) is 1. The van der Waals surface area contributed by atoms with Gasteiger partial charge >= 0.3 is 11.9 Å². The van der Waals surface area contributed by atoms with Gasteiger partial charge in [0.05, 0.1) is 5.56 Å². The van der Waals surface area contributed by atoms with Gasteiger partial charge in [0.1, 0.15) is 6.04 Å². The largest absolute Gasteiger partial charge is 0.480 e. The zero-order valence-electron chi connectivity index (χ0n) is 10.2. The Hall–Kier alpha value is -2.04. The Morgan fingerprint density at radius 2 is 1.94 bits per heavy atom. The van der Waals surface area contributed by atoms with Gasteiger partial charge in [-0.25, -0.2) is 9.59 Å². The van der Waals surface area contributed by atoms with Gasteiger partial charge in [-0.15, -0.1) is 0 Å². The molecule has 0 aliphatic rings. The van der Waals surface area contributed by atoms with Crippen LogP contribution in [0.15, 0.2) is 24.3 Å². The topological polar surface area (TPSA) is 86.6 Å². The number of hydrogen-bond donors (Lipinski definition) is 3. The second kappa shape index (κ2) is 6.64. The summed E-state index contributed by atoms with van der Waals surface area (Å²) in [6.45, 7) is 1.98. The Labute approximate surface area is 105 Å². The maximum atomic E-state index is 11.1. The molecule has 0 fully saturated rings. The lowest BCUT2D eigenvalue weighted by Gasteiger charge is -2.16. The van der Waals surface area contributed by atoms with Crippen LogP contribution in [0, 0.1) is 0 Å². The Morgan fingerprint density at radius 1 is 1.28 bits per heavy atom. The first-order valence-corrected chi connectivity index (χ1v) is 5.88. The summed E-state index contributed by atoms with van der Waals surface area (Å²) in [7, 11) is 0. The van der Waals surface area contributed by atoms with Crippen molar-refractivity contribution in [3.63, 3.8) is 0 Å². The fourth-order valence-corrected chi connectivity index (χ4v) is 1.65. The first-order valence-electron chi connectivity index (χ1n) is 5.88. The maximum absolute atomic E-state index is 11.1. The van der Waals surface area contributed by atoms with Gasteiger partial charge in [0.2, 0.25) is 0 Å². The molecule has 0 saturated heterocycles. The lowest BCUT2D eigenvalue weighted by atomic mass is 10.1. The van der Waals surface area contributed by atoms with Gasteiger partial charge in [-0.3, -0.25) is 0 Å². The van der Waals surface area contributed by atoms with Crippen molar-refractivity contribution in [2.24, 2.45) is 0 Å². The molecule has 0 bridgehead atoms. The standard InChI is InChI=1S/C13H17NO4/c1-2-3-7-11(13(17)18)14-10-8-5-4-6-9(10)12(15)16/h4-6,8,11,14H,2-3,7H2,1H3,(H,15,16)(H,17,18). The third-order valence-electron chi connectivity index (χ3n) is 2.63. The Balaban J connectivity index is 2.86. The van der Waals surface area contributed by atoms with E-state index in [0.717, 1.165) is 12.8 Å². The summed E-state index contributed by atoms with van der Waals surface area (Å²) in [6, 6.07) is 5.55. The number of carboxylic acid groups (broad SMARTS) is 2. The van der Waals surface area contributed by atoms with E-state index in [1.807, 2.05) is 6.92 Å². The van der Waals surface area contributed by atoms with Crippen LogP contribution in [0.1, 0.15) is 36.5 Å². The zero-order chi connectivity index (χ0) is 13.5. The highest BCUT2D eigenvalue weighted by atomic mass is 16.4. The fourth-order valence-electron chi connectivity index (χ4n) is 1.65. The number of aliphatic carboxylic acids is 1. The minimum atomic E-state index is -1.07. The molecule has 1 atom stereocenters. The second-order valence-electron chi connectivity index (χ2n) is 4.03. The van der Waals surface area contributed by atoms with Crippen LogP contribution in [0.2, 0.25) is 0 Å². The van der Waals surface area contributed by atoms with Crippen LogP contribution in [0.25, 0.3) is 0 Å². The summed E-state index contributed by atoms with van der Waals surface area (Å²) >= 11 is 0. The minimum absolute atomic E-state index is 0.0836. The van der Waals surface area contributed by atoms with Crippen molar-refractivity contribution in [2.75, 3.05) is 5.32 Å². The summed E-state index contributed by atoms with van der Waals surface area (Å²) in [6.07, 6.45) is 2.14. The molecule has 0 spiro atoms. The molecule has 1 aromatic carbocycles. The molecule has 5 nitrogen and oxygen atoms in total. The predicted molar refractivity (Wildman–Crippen MR) is 68.0 cm³/mol. The van der Waals surface area contributed by atoms with E-state index in [1.165, 1.54) is 6.07 Å². The maximum Gasteiger partial charge on any atom is 0.337 e. The number of anilines is 1. The van der Waals surface area contributed by atoms with Crippen LogP contribution in [0.5, 0.6) is 0 Å². The van der Waals surface area contributed by atoms with Gasteiger partial charge in [0, 0.05) is 5.69 Å². The molecule has 0 heterocycles. The molecule has 0 aliphatic heterocycles. The van der Waals surface area contributed by atoms with Gasteiger partial charge < -0.3 is 15.5 Å². The molecule has 0 saturated carbocycles. The van der Waals surface area contributed by atoms with E-state index >= 15 is 0 Å². The number of hydrogen-bond acceptors (Lipinski definition) is 3. The molecule has 5 heteroatoms. The lowest BCUT2D eigenvalue weighted by Crippen LogP contribution is -2.29. The van der Waals surface area contributed by atoms with Crippen molar-refractivity contribution in [3.8, 4) is 0 Å². The van der Waals surface area contributed by atoms with Crippen molar-refractivity contribution in [1.29, 1.82) is 0 Å². The number of benzene rings is 1. The molecular formula is C13H17NO4. The number of rotatable bonds is 7. The number of carbonyl (C=O) groups is 2. The quantitative estimate of drug-likeness (QED) is 0.692. The normalized spacial score (nSPS) is 11.8. The van der Waals surface area contributed by atoms with Gasteiger partial charge in [-0.05, 0) is 18.6 Å². The molecule has 1 aromatic rings. The van der Waals surface area contributed by atoms with Crippen molar-refractivity contribution in [1.82, 2.24) is 0 Å². The Bertz CT molecular complexity index is 431. The highest BCUT2D eigenvalue weighted by Gasteiger charge is 2.19. The lowest BCUT2D eigenvalue weighted by molar-refractivity contribution is -0.138. The number of aromatic carboxylic acids is 1. The summed E-state index contributed by atoms with van der Waals surface area (Å²) in [4.78, 5) is 22.1. The van der Waals surface area contributed by atoms with E-state index in [-0.39, 0.29) is 5.56 Å². The monoisotopic (exact) mass is 251 g/mol. The van der Waals surface area contributed by atoms with Crippen LogP contribution in [-0.4, -0.2) is 28.2 Å². The molecule has 0 aliphatic carbocycles. The molecule has 3 N–H and O–H groups in total. The van der Waals surface area contributed by atoms with Crippen LogP contribution in [0.4, 0.5) is 5.69 Å². The van der Waals surface area contributed by atoms with E-state index in [1.54, 1.807) is 18.2 Å². The van der Waals surface area contributed by atoms with E-state index in [0.29, 0.717) is 12.1 Å². The Kier molecular flexibility index (Phi) is 5.17. The van der Waals surface area contributed by atoms with E-state index in [4.69, 9.17) is 10.2 Å². The third kappa shape index (κ3) is 3.76. The highest BCUT2D eigenvalue weighted by Crippen LogP contribution is 2.17. The zero-order valence-corrected chi connectivity index (χ0v) is 10.2. The van der Waals surface area contributed by atoms with Crippen molar-refractivity contribution < 1.29 is 19.8 Å². The third-order valence-corrected chi connectivity index (χ3v) is 2.63. The molecule has 1 unspecified atom stereocenters. The summed E-state index contributed by atoms with van der Waals surface area (Å²) in [5.41, 5.74) is 0.425. The molecule has 0 amide bonds. The average molecular weight is 251 g/mol. The van der Waals surface area contributed by atoms with Crippen LogP contribution in [0.3, 0.4) is 0 Å². The van der Waals surface area contributed by atoms with Gasteiger partial charge in [-0.1, -0.05) is 31.9 Å². The first-order chi connectivity index (χ1) is 8.56. The van der Waals surface area contributed by atoms with Gasteiger partial charge in [0.25, 0.3) is 0 Å². The minimum Gasteiger partial charge on any atom is -0.480 e. The van der Waals surface area contributed by atoms with Crippen molar-refractivity contribution >= 4 is 17.6 Å². The van der Waals surface area contributed by atoms with Crippen LogP contribution < -0.4 is 5.32 Å². The van der Waals surface area contributed by atoms with E-state index in [9.17, 15) is 9.59 Å². The van der Waals surface area contributed by atoms with Crippen LogP contribution >= 0.6 is 0 Å². The predicted octanol–water partition coefficient (Wildman–Crippen LogP) is 2.44. The van der Waals surface area contributed by atoms with E-state index < -0.39 is 18.0 Å². The molecule has 0 radical (unpaired) electrons. The molecule has 0 aromatic heterocycles. The van der Waals surface area contributed by atoms with E-state index in [2.05, 4.69) is 5.32 Å². The number of carboxylic acids is 2. The number of nitrogens with one attached hydrogen (secondary N) is 1. The first kappa shape index (κ1) is 14.0. The van der Waals surface area contributed by atoms with Crippen molar-refractivity contribution in [2.45, 2.75) is 32.2 Å². The van der Waals surface area contributed by atoms with Crippen molar-refractivity contribution in [3.05, 3.63) is 29.8 Å². The molecule has 98 valence electrons. The number of para-hydroxylation sites is 1. The SMILES string of the molecule is CCCCC(Nc1ccccc1C(=O)O)C(=O)O. The highest BCUT2D eigenvalue weighted by molar-refractivity contribution is 5.95. The van der Waals surface area contributed by atoms with Gasteiger partial charge in [0.15, 0.2) is 0 Å². The van der Waals surface area contributed by atoms with Gasteiger partial charge in [-0.2, -0.15) is 0 Å².